The van der Waals surface area contributed by atoms with Crippen molar-refractivity contribution in [2.24, 2.45) is 5.73 Å². The number of H-pyrrole nitrogens is 2. The number of amides is 1. The lowest BCUT2D eigenvalue weighted by atomic mass is 10.1. The van der Waals surface area contributed by atoms with E-state index in [0.29, 0.717) is 25.8 Å². The highest BCUT2D eigenvalue weighted by Crippen LogP contribution is 2.19. The topological polar surface area (TPSA) is 133 Å². The van der Waals surface area contributed by atoms with Crippen LogP contribution in [0.2, 0.25) is 0 Å². The van der Waals surface area contributed by atoms with Crippen molar-refractivity contribution in [3.63, 3.8) is 0 Å². The van der Waals surface area contributed by atoms with E-state index in [1.165, 1.54) is 0 Å². The summed E-state index contributed by atoms with van der Waals surface area (Å²) < 4.78 is 0. The average Bonchev–Trinajstić information content (AvgIpc) is 3.30. The number of hydrogen-bond donors (Lipinski definition) is 5. The molecule has 36 heavy (non-hydrogen) atoms. The van der Waals surface area contributed by atoms with E-state index in [1.807, 2.05) is 62.6 Å². The number of aromatic amines is 2. The largest absolute Gasteiger partial charge is 0.388 e. The van der Waals surface area contributed by atoms with Crippen LogP contribution in [0.5, 0.6) is 0 Å². The third kappa shape index (κ3) is 7.29. The summed E-state index contributed by atoms with van der Waals surface area (Å²) in [7, 11) is 1.86. The predicted octanol–water partition coefficient (Wildman–Crippen LogP) is 3.79. The van der Waals surface area contributed by atoms with Gasteiger partial charge in [-0.05, 0) is 68.5 Å². The molecule has 8 nitrogen and oxygen atoms in total. The van der Waals surface area contributed by atoms with E-state index in [-0.39, 0.29) is 11.5 Å². The van der Waals surface area contributed by atoms with Crippen molar-refractivity contribution < 1.29 is 9.59 Å². The van der Waals surface area contributed by atoms with Gasteiger partial charge in [0.05, 0.1) is 11.6 Å². The summed E-state index contributed by atoms with van der Waals surface area (Å²) in [5, 5.41) is 8.04. The third-order valence-corrected chi connectivity index (χ3v) is 6.11. The molecule has 1 unspecified atom stereocenters. The fourth-order valence-electron chi connectivity index (χ4n) is 4.14. The van der Waals surface area contributed by atoms with Crippen molar-refractivity contribution in [2.75, 3.05) is 18.9 Å². The summed E-state index contributed by atoms with van der Waals surface area (Å²) in [4.78, 5) is 40.2. The Hall–Kier alpha value is -3.91. The highest BCUT2D eigenvalue weighted by Gasteiger charge is 2.12. The van der Waals surface area contributed by atoms with Crippen LogP contribution in [0.25, 0.3) is 21.8 Å². The van der Waals surface area contributed by atoms with Crippen LogP contribution in [-0.2, 0) is 16.0 Å². The van der Waals surface area contributed by atoms with Gasteiger partial charge in [0.25, 0.3) is 0 Å². The molecule has 2 aromatic carbocycles. The predicted molar refractivity (Wildman–Crippen MR) is 146 cm³/mol. The molecule has 8 heteroatoms. The summed E-state index contributed by atoms with van der Waals surface area (Å²) in [6.07, 6.45) is 6.15. The van der Waals surface area contributed by atoms with Crippen LogP contribution in [0.3, 0.4) is 0 Å². The lowest BCUT2D eigenvalue weighted by Gasteiger charge is -2.12. The molecule has 4 aromatic rings. The van der Waals surface area contributed by atoms with Crippen molar-refractivity contribution >= 4 is 39.7 Å². The van der Waals surface area contributed by atoms with Gasteiger partial charge in [-0.2, -0.15) is 0 Å². The highest BCUT2D eigenvalue weighted by molar-refractivity contribution is 5.85. The first-order chi connectivity index (χ1) is 17.4. The van der Waals surface area contributed by atoms with Crippen molar-refractivity contribution in [1.82, 2.24) is 15.3 Å². The molecule has 0 radical (unpaired) electrons. The fraction of sp³-hybridized carbons (Fsp3) is 0.321. The van der Waals surface area contributed by atoms with E-state index in [2.05, 4.69) is 20.6 Å². The fourth-order valence-corrected chi connectivity index (χ4v) is 4.14. The molecule has 0 aliphatic rings. The number of aldehydes is 1. The lowest BCUT2D eigenvalue weighted by molar-refractivity contribution is -0.124. The maximum absolute atomic E-state index is 12.0. The quantitative estimate of drug-likeness (QED) is 0.171. The standard InChI is InChI=1S/C17H23N3O2.C11H12N2O/c18-10-4-3-5-14(12-21)20-17(22)9-8-13-11-19-16-7-2-1-6-15(13)16;1-7-5-11(14)13-10-6-8(12-2)3-4-9(7)10/h1-2,6-7,11-12,14,19H,3-5,8-10,18H2,(H,20,22);3-6,12H,1-2H3,(H,13,14). The Balaban J connectivity index is 0.000000221. The van der Waals surface area contributed by atoms with Crippen LogP contribution in [0, 0.1) is 6.92 Å². The summed E-state index contributed by atoms with van der Waals surface area (Å²) in [6, 6.07) is 15.2. The van der Waals surface area contributed by atoms with Crippen molar-refractivity contribution in [3.05, 3.63) is 76.2 Å². The number of pyridine rings is 1. The Morgan fingerprint density at radius 1 is 1.08 bits per heavy atom. The van der Waals surface area contributed by atoms with E-state index < -0.39 is 6.04 Å². The third-order valence-electron chi connectivity index (χ3n) is 6.11. The first kappa shape index (κ1) is 26.7. The number of anilines is 1. The SMILES string of the molecule is CNc1ccc2c(C)cc(=O)[nH]c2c1.NCCCCC(C=O)NC(=O)CCc1c[nH]c2ccccc12. The molecule has 2 aromatic heterocycles. The molecule has 2 heterocycles. The summed E-state index contributed by atoms with van der Waals surface area (Å²) >= 11 is 0. The molecule has 1 atom stereocenters. The molecule has 190 valence electrons. The molecular formula is C28H35N5O3. The van der Waals surface area contributed by atoms with Crippen LogP contribution in [0.1, 0.15) is 36.8 Å². The number of benzene rings is 2. The first-order valence-electron chi connectivity index (χ1n) is 12.3. The molecule has 0 saturated carbocycles. The second kappa shape index (κ2) is 13.3. The Morgan fingerprint density at radius 3 is 2.64 bits per heavy atom. The zero-order chi connectivity index (χ0) is 25.9. The Morgan fingerprint density at radius 2 is 1.89 bits per heavy atom. The number of nitrogens with two attached hydrogens (primary N) is 1. The number of nitrogens with one attached hydrogen (secondary N) is 4. The lowest BCUT2D eigenvalue weighted by Crippen LogP contribution is -2.36. The van der Waals surface area contributed by atoms with Crippen LogP contribution < -0.4 is 21.9 Å². The zero-order valence-corrected chi connectivity index (χ0v) is 20.9. The number of aromatic nitrogens is 2. The van der Waals surface area contributed by atoms with Gasteiger partial charge in [-0.25, -0.2) is 0 Å². The molecule has 0 aliphatic heterocycles. The van der Waals surface area contributed by atoms with E-state index in [1.54, 1.807) is 6.07 Å². The second-order valence-corrected chi connectivity index (χ2v) is 8.78. The maximum atomic E-state index is 12.0. The Labute approximate surface area is 210 Å². The molecule has 0 bridgehead atoms. The number of carbonyl (C=O) groups excluding carboxylic acids is 2. The molecular weight excluding hydrogens is 454 g/mol. The molecule has 0 fully saturated rings. The summed E-state index contributed by atoms with van der Waals surface area (Å²) in [5.74, 6) is -0.0878. The Kier molecular flexibility index (Phi) is 9.82. The van der Waals surface area contributed by atoms with E-state index in [4.69, 9.17) is 5.73 Å². The molecule has 1 amide bonds. The average molecular weight is 490 g/mol. The van der Waals surface area contributed by atoms with Crippen LogP contribution in [-0.4, -0.2) is 41.8 Å². The number of aryl methyl sites for hydroxylation is 2. The van der Waals surface area contributed by atoms with Gasteiger partial charge in [0.15, 0.2) is 0 Å². The molecule has 0 spiro atoms. The highest BCUT2D eigenvalue weighted by atomic mass is 16.2. The number of rotatable bonds is 10. The number of unbranched alkanes of at least 4 members (excludes halogenated alkanes) is 1. The number of para-hydroxylation sites is 1. The van der Waals surface area contributed by atoms with Gasteiger partial charge in [0, 0.05) is 47.7 Å². The van der Waals surface area contributed by atoms with Gasteiger partial charge in [0.1, 0.15) is 6.29 Å². The number of fused-ring (bicyclic) bond motifs is 2. The Bertz CT molecular complexity index is 1360. The van der Waals surface area contributed by atoms with Gasteiger partial charge in [0.2, 0.25) is 11.5 Å². The van der Waals surface area contributed by atoms with E-state index in [9.17, 15) is 14.4 Å². The van der Waals surface area contributed by atoms with Gasteiger partial charge in [-0.1, -0.05) is 24.3 Å². The minimum absolute atomic E-state index is 0.0525. The van der Waals surface area contributed by atoms with Crippen LogP contribution in [0.15, 0.2) is 59.5 Å². The number of hydrogen-bond acceptors (Lipinski definition) is 5. The maximum Gasteiger partial charge on any atom is 0.248 e. The van der Waals surface area contributed by atoms with Crippen molar-refractivity contribution in [1.29, 1.82) is 0 Å². The van der Waals surface area contributed by atoms with Gasteiger partial charge >= 0.3 is 0 Å². The molecule has 6 N–H and O–H groups in total. The van der Waals surface area contributed by atoms with Gasteiger partial charge < -0.3 is 31.1 Å². The van der Waals surface area contributed by atoms with Gasteiger partial charge in [-0.15, -0.1) is 0 Å². The van der Waals surface area contributed by atoms with E-state index >= 15 is 0 Å². The smallest absolute Gasteiger partial charge is 0.248 e. The molecule has 0 saturated heterocycles. The first-order valence-corrected chi connectivity index (χ1v) is 12.3. The van der Waals surface area contributed by atoms with Crippen molar-refractivity contribution in [2.45, 2.75) is 45.1 Å². The minimum Gasteiger partial charge on any atom is -0.388 e. The number of carbonyl (C=O) groups is 2. The zero-order valence-electron chi connectivity index (χ0n) is 20.9. The normalized spacial score (nSPS) is 11.5. The van der Waals surface area contributed by atoms with E-state index in [0.717, 1.165) is 57.7 Å². The van der Waals surface area contributed by atoms with Gasteiger partial charge in [-0.3, -0.25) is 9.59 Å². The molecule has 0 aliphatic carbocycles. The van der Waals surface area contributed by atoms with Crippen LogP contribution in [0.4, 0.5) is 5.69 Å². The minimum atomic E-state index is -0.401. The summed E-state index contributed by atoms with van der Waals surface area (Å²) in [5.41, 5.74) is 10.5. The monoisotopic (exact) mass is 489 g/mol. The second-order valence-electron chi connectivity index (χ2n) is 8.78. The van der Waals surface area contributed by atoms with Crippen molar-refractivity contribution in [3.8, 4) is 0 Å². The van der Waals surface area contributed by atoms with Crippen LogP contribution >= 0.6 is 0 Å². The summed E-state index contributed by atoms with van der Waals surface area (Å²) in [6.45, 7) is 2.55. The molecule has 4 rings (SSSR count).